The minimum Gasteiger partial charge on any atom is -0.495 e. The summed E-state index contributed by atoms with van der Waals surface area (Å²) in [5.74, 6) is 2.08. The van der Waals surface area contributed by atoms with E-state index in [9.17, 15) is 4.79 Å². The van der Waals surface area contributed by atoms with Gasteiger partial charge in [-0.1, -0.05) is 42.2 Å². The number of aryl methyl sites for hydroxylation is 1. The van der Waals surface area contributed by atoms with Crippen molar-refractivity contribution in [3.8, 4) is 5.75 Å². The topological polar surface area (TPSA) is 92.8 Å². The van der Waals surface area contributed by atoms with E-state index in [1.54, 1.807) is 18.4 Å². The van der Waals surface area contributed by atoms with E-state index in [-0.39, 0.29) is 10.8 Å². The van der Waals surface area contributed by atoms with Crippen LogP contribution in [0, 0.1) is 5.92 Å². The maximum atomic E-state index is 12.9. The summed E-state index contributed by atoms with van der Waals surface area (Å²) in [5, 5.41) is 13.2. The summed E-state index contributed by atoms with van der Waals surface area (Å²) in [6.07, 6.45) is 3.15. The van der Waals surface area contributed by atoms with Crippen molar-refractivity contribution in [3.63, 3.8) is 0 Å². The molecule has 7 nitrogen and oxygen atoms in total. The number of para-hydroxylation sites is 2. The van der Waals surface area contributed by atoms with Crippen LogP contribution in [0.5, 0.6) is 5.75 Å². The number of H-pyrrole nitrogens is 1. The fourth-order valence-electron chi connectivity index (χ4n) is 3.94. The highest BCUT2D eigenvalue weighted by Crippen LogP contribution is 2.39. The van der Waals surface area contributed by atoms with E-state index in [4.69, 9.17) is 9.72 Å². The van der Waals surface area contributed by atoms with Crippen LogP contribution in [0.25, 0.3) is 10.2 Å². The van der Waals surface area contributed by atoms with Crippen molar-refractivity contribution in [2.45, 2.75) is 42.7 Å². The lowest BCUT2D eigenvalue weighted by Gasteiger charge is -2.17. The second-order valence-corrected chi connectivity index (χ2v) is 11.6. The van der Waals surface area contributed by atoms with Gasteiger partial charge < -0.3 is 15.0 Å². The van der Waals surface area contributed by atoms with Gasteiger partial charge in [0, 0.05) is 4.88 Å². The number of anilines is 2. The summed E-state index contributed by atoms with van der Waals surface area (Å²) in [4.78, 5) is 22.9. The van der Waals surface area contributed by atoms with Crippen LogP contribution in [0.4, 0.5) is 10.8 Å². The van der Waals surface area contributed by atoms with E-state index in [0.29, 0.717) is 16.9 Å². The normalized spacial score (nSPS) is 16.7. The van der Waals surface area contributed by atoms with Gasteiger partial charge in [-0.2, -0.15) is 0 Å². The molecule has 1 aliphatic carbocycles. The molecular weight excluding hydrogens is 462 g/mol. The molecule has 5 rings (SSSR count). The van der Waals surface area contributed by atoms with Crippen LogP contribution in [0.1, 0.15) is 41.8 Å². The summed E-state index contributed by atoms with van der Waals surface area (Å²) >= 11 is 4.67. The van der Waals surface area contributed by atoms with Crippen molar-refractivity contribution in [2.24, 2.45) is 5.92 Å². The molecule has 0 saturated heterocycles. The van der Waals surface area contributed by atoms with Gasteiger partial charge in [0.25, 0.3) is 5.56 Å². The Morgan fingerprint density at radius 2 is 2.12 bits per heavy atom. The maximum Gasteiger partial charge on any atom is 0.259 e. The van der Waals surface area contributed by atoms with Crippen molar-refractivity contribution >= 4 is 55.5 Å². The second kappa shape index (κ2) is 8.84. The summed E-state index contributed by atoms with van der Waals surface area (Å²) < 4.78 is 6.18. The molecule has 1 aromatic carbocycles. The van der Waals surface area contributed by atoms with Crippen molar-refractivity contribution < 1.29 is 4.74 Å². The molecule has 0 aliphatic heterocycles. The highest BCUT2D eigenvalue weighted by atomic mass is 32.2. The number of rotatable bonds is 6. The molecule has 10 heteroatoms. The molecule has 0 spiro atoms. The number of nitrogens with zero attached hydrogens (tertiary/aromatic N) is 3. The number of benzene rings is 1. The maximum absolute atomic E-state index is 12.9. The first-order valence-corrected chi connectivity index (χ1v) is 13.0. The standard InChI is InChI=1S/C22H23N5O2S3/c1-11-8-9-13-16(10-11)31-20-17(13)19(28)24-18(25-20)12(2)30-22-27-26-21(32-22)23-14-6-4-5-7-15(14)29-3/h4-7,11-12H,8-10H2,1-3H3,(H,23,26)(H,24,25,28)/t11-,12-/m0/s1. The smallest absolute Gasteiger partial charge is 0.259 e. The first-order valence-electron chi connectivity index (χ1n) is 10.5. The summed E-state index contributed by atoms with van der Waals surface area (Å²) in [6, 6.07) is 7.68. The third kappa shape index (κ3) is 4.14. The largest absolute Gasteiger partial charge is 0.495 e. The molecule has 3 heterocycles. The van der Waals surface area contributed by atoms with Crippen molar-refractivity contribution in [1.82, 2.24) is 20.2 Å². The third-order valence-electron chi connectivity index (χ3n) is 5.60. The van der Waals surface area contributed by atoms with Gasteiger partial charge in [-0.25, -0.2) is 4.98 Å². The van der Waals surface area contributed by atoms with Gasteiger partial charge in [0.2, 0.25) is 5.13 Å². The molecule has 1 aliphatic rings. The molecule has 2 atom stereocenters. The van der Waals surface area contributed by atoms with E-state index in [0.717, 1.165) is 45.3 Å². The van der Waals surface area contributed by atoms with E-state index in [1.165, 1.54) is 33.5 Å². The predicted molar refractivity (Wildman–Crippen MR) is 132 cm³/mol. The van der Waals surface area contributed by atoms with Crippen molar-refractivity contribution in [2.75, 3.05) is 12.4 Å². The number of aromatic amines is 1. The molecule has 4 aromatic rings. The van der Waals surface area contributed by atoms with Crippen LogP contribution in [-0.2, 0) is 12.8 Å². The molecule has 3 aromatic heterocycles. The zero-order chi connectivity index (χ0) is 22.2. The average molecular weight is 486 g/mol. The fourth-order valence-corrected chi connectivity index (χ4v) is 7.29. The number of ether oxygens (including phenoxy) is 1. The molecule has 0 saturated carbocycles. The Labute approximate surface area is 197 Å². The number of thioether (sulfide) groups is 1. The lowest BCUT2D eigenvalue weighted by atomic mass is 9.89. The van der Waals surface area contributed by atoms with Crippen molar-refractivity contribution in [1.29, 1.82) is 0 Å². The van der Waals surface area contributed by atoms with E-state index in [1.807, 2.05) is 31.2 Å². The summed E-state index contributed by atoms with van der Waals surface area (Å²) in [7, 11) is 1.64. The van der Waals surface area contributed by atoms with Crippen LogP contribution in [0.2, 0.25) is 0 Å². The predicted octanol–water partition coefficient (Wildman–Crippen LogP) is 5.57. The number of nitrogens with one attached hydrogen (secondary N) is 2. The molecule has 0 fully saturated rings. The number of methoxy groups -OCH3 is 1. The van der Waals surface area contributed by atoms with Crippen LogP contribution in [0.3, 0.4) is 0 Å². The Morgan fingerprint density at radius 3 is 2.97 bits per heavy atom. The zero-order valence-electron chi connectivity index (χ0n) is 18.0. The Morgan fingerprint density at radius 1 is 1.28 bits per heavy atom. The van der Waals surface area contributed by atoms with Gasteiger partial charge in [-0.15, -0.1) is 21.5 Å². The van der Waals surface area contributed by atoms with E-state index in [2.05, 4.69) is 27.4 Å². The minimum absolute atomic E-state index is 0.0275. The molecule has 166 valence electrons. The highest BCUT2D eigenvalue weighted by Gasteiger charge is 2.24. The first kappa shape index (κ1) is 21.4. The van der Waals surface area contributed by atoms with E-state index < -0.39 is 0 Å². The molecule has 0 amide bonds. The molecule has 2 N–H and O–H groups in total. The Balaban J connectivity index is 1.35. The monoisotopic (exact) mass is 485 g/mol. The molecule has 0 bridgehead atoms. The third-order valence-corrected chi connectivity index (χ3v) is 8.78. The summed E-state index contributed by atoms with van der Waals surface area (Å²) in [6.45, 7) is 4.30. The lowest BCUT2D eigenvalue weighted by molar-refractivity contribution is 0.417. The number of hydrogen-bond acceptors (Lipinski definition) is 9. The van der Waals surface area contributed by atoms with Gasteiger partial charge in [0.15, 0.2) is 4.34 Å². The quantitative estimate of drug-likeness (QED) is 0.345. The van der Waals surface area contributed by atoms with Gasteiger partial charge in [-0.3, -0.25) is 4.79 Å². The van der Waals surface area contributed by atoms with E-state index >= 15 is 0 Å². The van der Waals surface area contributed by atoms with Gasteiger partial charge in [-0.05, 0) is 49.8 Å². The van der Waals surface area contributed by atoms with Gasteiger partial charge in [0.05, 0.1) is 23.4 Å². The highest BCUT2D eigenvalue weighted by molar-refractivity contribution is 8.01. The van der Waals surface area contributed by atoms with Crippen LogP contribution >= 0.6 is 34.4 Å². The SMILES string of the molecule is COc1ccccc1Nc1nnc(S[C@@H](C)c2nc3sc4c(c3c(=O)[nH]2)CC[C@H](C)C4)s1. The minimum atomic E-state index is -0.0581. The number of hydrogen-bond donors (Lipinski definition) is 2. The second-order valence-electron chi connectivity index (χ2n) is 7.94. The number of thiophene rings is 1. The lowest BCUT2D eigenvalue weighted by Crippen LogP contribution is -2.15. The van der Waals surface area contributed by atoms with Gasteiger partial charge in [0.1, 0.15) is 16.4 Å². The molecular formula is C22H23N5O2S3. The van der Waals surface area contributed by atoms with Gasteiger partial charge >= 0.3 is 0 Å². The van der Waals surface area contributed by atoms with Crippen LogP contribution in [-0.4, -0.2) is 27.3 Å². The van der Waals surface area contributed by atoms with Crippen LogP contribution in [0.15, 0.2) is 33.4 Å². The number of fused-ring (bicyclic) bond motifs is 3. The van der Waals surface area contributed by atoms with Crippen LogP contribution < -0.4 is 15.6 Å². The first-order chi connectivity index (χ1) is 15.5. The van der Waals surface area contributed by atoms with Crippen molar-refractivity contribution in [3.05, 3.63) is 50.9 Å². The zero-order valence-corrected chi connectivity index (χ0v) is 20.4. The molecule has 0 radical (unpaired) electrons. The Kier molecular flexibility index (Phi) is 5.92. The fraction of sp³-hybridized carbons (Fsp3) is 0.364. The number of aromatic nitrogens is 4. The molecule has 0 unspecified atom stereocenters. The average Bonchev–Trinajstić information content (AvgIpc) is 3.37. The Hall–Kier alpha value is -2.43. The summed E-state index contributed by atoms with van der Waals surface area (Å²) in [5.41, 5.74) is 2.02. The molecule has 32 heavy (non-hydrogen) atoms. The Bertz CT molecular complexity index is 1330.